The lowest BCUT2D eigenvalue weighted by Gasteiger charge is -2.20. The summed E-state index contributed by atoms with van der Waals surface area (Å²) < 4.78 is 1.12. The van der Waals surface area contributed by atoms with Crippen molar-refractivity contribution in [2.24, 2.45) is 5.41 Å². The monoisotopic (exact) mass is 282 g/mol. The molecule has 0 amide bonds. The van der Waals surface area contributed by atoms with E-state index in [1.54, 1.807) is 6.92 Å². The van der Waals surface area contributed by atoms with Crippen molar-refractivity contribution in [2.75, 3.05) is 0 Å². The smallest absolute Gasteiger partial charge is 0.135 e. The average molecular weight is 283 g/mol. The highest BCUT2D eigenvalue weighted by Crippen LogP contribution is 2.24. The number of halogens is 1. The van der Waals surface area contributed by atoms with Gasteiger partial charge in [0.1, 0.15) is 5.78 Å². The molecular formula is C14H19BrO. The van der Waals surface area contributed by atoms with Crippen LogP contribution in [-0.2, 0) is 11.2 Å². The summed E-state index contributed by atoms with van der Waals surface area (Å²) in [5.74, 6) is 0.279. The zero-order chi connectivity index (χ0) is 12.2. The molecule has 0 aliphatic rings. The highest BCUT2D eigenvalue weighted by molar-refractivity contribution is 9.10. The van der Waals surface area contributed by atoms with Crippen LogP contribution in [0.5, 0.6) is 0 Å². The minimum atomic E-state index is -0.175. The lowest BCUT2D eigenvalue weighted by Crippen LogP contribution is -2.21. The van der Waals surface area contributed by atoms with Gasteiger partial charge < -0.3 is 0 Å². The van der Waals surface area contributed by atoms with E-state index in [-0.39, 0.29) is 11.2 Å². The topological polar surface area (TPSA) is 17.1 Å². The Morgan fingerprint density at radius 2 is 2.06 bits per heavy atom. The van der Waals surface area contributed by atoms with Crippen LogP contribution in [0, 0.1) is 5.41 Å². The Kier molecular flexibility index (Phi) is 4.72. The maximum atomic E-state index is 11.4. The van der Waals surface area contributed by atoms with Crippen molar-refractivity contribution in [2.45, 2.75) is 40.0 Å². The van der Waals surface area contributed by atoms with Crippen LogP contribution in [0.2, 0.25) is 0 Å². The Morgan fingerprint density at radius 3 is 2.62 bits per heavy atom. The number of carbonyl (C=O) groups excluding carboxylic acids is 1. The third kappa shape index (κ3) is 4.09. The largest absolute Gasteiger partial charge is 0.299 e. The van der Waals surface area contributed by atoms with Gasteiger partial charge in [-0.15, -0.1) is 0 Å². The second-order valence-corrected chi connectivity index (χ2v) is 5.84. The number of benzene rings is 1. The summed E-state index contributed by atoms with van der Waals surface area (Å²) in [6.45, 7) is 5.73. The molecule has 0 atom stereocenters. The summed E-state index contributed by atoms with van der Waals surface area (Å²) in [5.41, 5.74) is 1.15. The zero-order valence-corrected chi connectivity index (χ0v) is 11.8. The fourth-order valence-electron chi connectivity index (χ4n) is 1.60. The molecule has 0 radical (unpaired) electrons. The Bertz CT molecular complexity index is 369. The van der Waals surface area contributed by atoms with Gasteiger partial charge in [-0.1, -0.05) is 41.9 Å². The SMILES string of the molecule is CC(=O)C(C)(C)CCCc1cccc(Br)c1. The van der Waals surface area contributed by atoms with Crippen molar-refractivity contribution in [1.29, 1.82) is 0 Å². The van der Waals surface area contributed by atoms with Gasteiger partial charge in [-0.05, 0) is 43.9 Å². The molecular weight excluding hydrogens is 264 g/mol. The van der Waals surface area contributed by atoms with Crippen molar-refractivity contribution in [3.8, 4) is 0 Å². The Hall–Kier alpha value is -0.630. The normalized spacial score (nSPS) is 11.5. The Labute approximate surface area is 106 Å². The summed E-state index contributed by atoms with van der Waals surface area (Å²) in [6.07, 6.45) is 3.05. The molecule has 0 unspecified atom stereocenters. The fraction of sp³-hybridized carbons (Fsp3) is 0.500. The van der Waals surface area contributed by atoms with Crippen molar-refractivity contribution < 1.29 is 4.79 Å². The number of hydrogen-bond donors (Lipinski definition) is 0. The van der Waals surface area contributed by atoms with E-state index in [4.69, 9.17) is 0 Å². The molecule has 0 bridgehead atoms. The zero-order valence-electron chi connectivity index (χ0n) is 10.2. The fourth-order valence-corrected chi connectivity index (χ4v) is 2.05. The van der Waals surface area contributed by atoms with Gasteiger partial charge in [0.05, 0.1) is 0 Å². The Morgan fingerprint density at radius 1 is 1.38 bits per heavy atom. The second-order valence-electron chi connectivity index (χ2n) is 4.92. The van der Waals surface area contributed by atoms with E-state index in [9.17, 15) is 4.79 Å². The molecule has 16 heavy (non-hydrogen) atoms. The van der Waals surface area contributed by atoms with Crippen molar-refractivity contribution in [1.82, 2.24) is 0 Å². The van der Waals surface area contributed by atoms with Gasteiger partial charge in [-0.2, -0.15) is 0 Å². The van der Waals surface area contributed by atoms with E-state index in [1.165, 1.54) is 5.56 Å². The standard InChI is InChI=1S/C14H19BrO/c1-11(16)14(2,3)9-5-7-12-6-4-8-13(15)10-12/h4,6,8,10H,5,7,9H2,1-3H3. The number of carbonyl (C=O) groups is 1. The lowest BCUT2D eigenvalue weighted by atomic mass is 9.83. The van der Waals surface area contributed by atoms with Crippen LogP contribution in [0.1, 0.15) is 39.2 Å². The molecule has 0 heterocycles. The maximum Gasteiger partial charge on any atom is 0.135 e. The third-order valence-electron chi connectivity index (χ3n) is 3.11. The van der Waals surface area contributed by atoms with Crippen LogP contribution in [0.15, 0.2) is 28.7 Å². The number of Topliss-reactive ketones (excluding diaryl/α,β-unsaturated/α-hetero) is 1. The van der Waals surface area contributed by atoms with Crippen molar-refractivity contribution in [3.63, 3.8) is 0 Å². The molecule has 0 fully saturated rings. The molecule has 1 aromatic rings. The molecule has 0 saturated heterocycles. The number of rotatable bonds is 5. The quantitative estimate of drug-likeness (QED) is 0.783. The average Bonchev–Trinajstić information content (AvgIpc) is 2.17. The highest BCUT2D eigenvalue weighted by Gasteiger charge is 2.22. The summed E-state index contributed by atoms with van der Waals surface area (Å²) in [5, 5.41) is 0. The van der Waals surface area contributed by atoms with Gasteiger partial charge in [0.15, 0.2) is 0 Å². The molecule has 0 aliphatic heterocycles. The molecule has 1 nitrogen and oxygen atoms in total. The van der Waals surface area contributed by atoms with E-state index < -0.39 is 0 Å². The lowest BCUT2D eigenvalue weighted by molar-refractivity contribution is -0.125. The van der Waals surface area contributed by atoms with Crippen LogP contribution in [0.25, 0.3) is 0 Å². The van der Waals surface area contributed by atoms with Gasteiger partial charge in [0, 0.05) is 9.89 Å². The second kappa shape index (κ2) is 5.62. The van der Waals surface area contributed by atoms with Gasteiger partial charge in [0.2, 0.25) is 0 Å². The molecule has 0 N–H and O–H groups in total. The summed E-state index contributed by atoms with van der Waals surface area (Å²) in [4.78, 5) is 11.4. The van der Waals surface area contributed by atoms with Crippen LogP contribution >= 0.6 is 15.9 Å². The minimum absolute atomic E-state index is 0.175. The first-order chi connectivity index (χ1) is 7.42. The van der Waals surface area contributed by atoms with Crippen molar-refractivity contribution in [3.05, 3.63) is 34.3 Å². The van der Waals surface area contributed by atoms with Gasteiger partial charge in [-0.3, -0.25) is 4.79 Å². The summed E-state index contributed by atoms with van der Waals surface area (Å²) >= 11 is 3.46. The number of ketones is 1. The first-order valence-corrected chi connectivity index (χ1v) is 6.46. The van der Waals surface area contributed by atoms with Crippen LogP contribution < -0.4 is 0 Å². The summed E-state index contributed by atoms with van der Waals surface area (Å²) in [6, 6.07) is 8.35. The van der Waals surface area contributed by atoms with E-state index in [1.807, 2.05) is 19.9 Å². The maximum absolute atomic E-state index is 11.4. The van der Waals surface area contributed by atoms with Crippen LogP contribution in [0.4, 0.5) is 0 Å². The minimum Gasteiger partial charge on any atom is -0.299 e. The molecule has 0 aromatic heterocycles. The molecule has 1 aromatic carbocycles. The molecule has 2 heteroatoms. The van der Waals surface area contributed by atoms with Crippen molar-refractivity contribution >= 4 is 21.7 Å². The number of aryl methyl sites for hydroxylation is 1. The molecule has 0 spiro atoms. The Balaban J connectivity index is 2.45. The predicted molar refractivity (Wildman–Crippen MR) is 71.5 cm³/mol. The first kappa shape index (κ1) is 13.4. The molecule has 1 rings (SSSR count). The van der Waals surface area contributed by atoms with E-state index >= 15 is 0 Å². The highest BCUT2D eigenvalue weighted by atomic mass is 79.9. The van der Waals surface area contributed by atoms with Gasteiger partial charge >= 0.3 is 0 Å². The molecule has 88 valence electrons. The van der Waals surface area contributed by atoms with Gasteiger partial charge in [0.25, 0.3) is 0 Å². The first-order valence-electron chi connectivity index (χ1n) is 5.67. The predicted octanol–water partition coefficient (Wildman–Crippen LogP) is 4.39. The number of hydrogen-bond acceptors (Lipinski definition) is 1. The molecule has 0 saturated carbocycles. The van der Waals surface area contributed by atoms with E-state index in [0.29, 0.717) is 0 Å². The van der Waals surface area contributed by atoms with E-state index in [0.717, 1.165) is 23.7 Å². The molecule has 0 aliphatic carbocycles. The third-order valence-corrected chi connectivity index (χ3v) is 3.60. The van der Waals surface area contributed by atoms with E-state index in [2.05, 4.69) is 34.1 Å². The van der Waals surface area contributed by atoms with Gasteiger partial charge in [-0.25, -0.2) is 0 Å². The summed E-state index contributed by atoms with van der Waals surface area (Å²) in [7, 11) is 0. The van der Waals surface area contributed by atoms with Crippen LogP contribution in [-0.4, -0.2) is 5.78 Å². The van der Waals surface area contributed by atoms with Crippen LogP contribution in [0.3, 0.4) is 0 Å².